The van der Waals surface area contributed by atoms with Gasteiger partial charge in [0, 0.05) is 23.6 Å². The van der Waals surface area contributed by atoms with Gasteiger partial charge in [-0.2, -0.15) is 0 Å². The van der Waals surface area contributed by atoms with Gasteiger partial charge in [-0.25, -0.2) is 4.98 Å². The van der Waals surface area contributed by atoms with Gasteiger partial charge >= 0.3 is 0 Å². The Labute approximate surface area is 116 Å². The van der Waals surface area contributed by atoms with E-state index >= 15 is 0 Å². The number of halogens is 1. The molecule has 0 saturated carbocycles. The Hall–Kier alpha value is -1.29. The summed E-state index contributed by atoms with van der Waals surface area (Å²) >= 11 is 3.70. The third-order valence-electron chi connectivity index (χ3n) is 2.87. The van der Waals surface area contributed by atoms with Gasteiger partial charge in [0.2, 0.25) is 0 Å². The number of benzene rings is 1. The molecular formula is C14H17BrN2O. The Morgan fingerprint density at radius 3 is 2.72 bits per heavy atom. The molecule has 1 heterocycles. The number of aromatic nitrogens is 2. The van der Waals surface area contributed by atoms with Crippen molar-refractivity contribution in [1.29, 1.82) is 0 Å². The van der Waals surface area contributed by atoms with Crippen LogP contribution in [0.5, 0.6) is 5.75 Å². The molecule has 0 radical (unpaired) electrons. The fourth-order valence-corrected chi connectivity index (χ4v) is 2.37. The summed E-state index contributed by atoms with van der Waals surface area (Å²) in [6.07, 6.45) is 6.73. The van der Waals surface area contributed by atoms with Crippen molar-refractivity contribution in [2.45, 2.75) is 24.1 Å². The maximum absolute atomic E-state index is 5.14. The Kier molecular flexibility index (Phi) is 4.81. The highest BCUT2D eigenvalue weighted by Crippen LogP contribution is 2.17. The lowest BCUT2D eigenvalue weighted by Gasteiger charge is -2.08. The SMILES string of the molecule is COc1ccc(CCC(Br)Cc2ncc[nH]2)cc1. The van der Waals surface area contributed by atoms with E-state index in [4.69, 9.17) is 4.74 Å². The summed E-state index contributed by atoms with van der Waals surface area (Å²) in [6.45, 7) is 0. The van der Waals surface area contributed by atoms with Crippen molar-refractivity contribution < 1.29 is 4.74 Å². The highest BCUT2D eigenvalue weighted by atomic mass is 79.9. The molecule has 1 aromatic carbocycles. The second-order valence-electron chi connectivity index (χ2n) is 4.22. The summed E-state index contributed by atoms with van der Waals surface area (Å²) in [4.78, 5) is 7.81. The third-order valence-corrected chi connectivity index (χ3v) is 3.66. The normalized spacial score (nSPS) is 12.3. The van der Waals surface area contributed by atoms with Gasteiger partial charge in [-0.15, -0.1) is 0 Å². The fraction of sp³-hybridized carbons (Fsp3) is 0.357. The molecule has 18 heavy (non-hydrogen) atoms. The molecule has 1 N–H and O–H groups in total. The molecular weight excluding hydrogens is 292 g/mol. The van der Waals surface area contributed by atoms with E-state index in [9.17, 15) is 0 Å². The highest BCUT2D eigenvalue weighted by molar-refractivity contribution is 9.09. The molecule has 4 heteroatoms. The van der Waals surface area contributed by atoms with Crippen LogP contribution in [0, 0.1) is 0 Å². The molecule has 0 amide bonds. The molecule has 1 unspecified atom stereocenters. The van der Waals surface area contributed by atoms with Crippen molar-refractivity contribution in [2.75, 3.05) is 7.11 Å². The van der Waals surface area contributed by atoms with Gasteiger partial charge in [0.1, 0.15) is 11.6 Å². The number of hydrogen-bond donors (Lipinski definition) is 1. The van der Waals surface area contributed by atoms with E-state index < -0.39 is 0 Å². The number of aryl methyl sites for hydroxylation is 1. The predicted octanol–water partition coefficient (Wildman–Crippen LogP) is 3.36. The lowest BCUT2D eigenvalue weighted by Crippen LogP contribution is -2.05. The maximum Gasteiger partial charge on any atom is 0.118 e. The van der Waals surface area contributed by atoms with E-state index in [-0.39, 0.29) is 0 Å². The number of aromatic amines is 1. The van der Waals surface area contributed by atoms with Crippen LogP contribution in [-0.2, 0) is 12.8 Å². The van der Waals surface area contributed by atoms with E-state index in [1.54, 1.807) is 13.3 Å². The maximum atomic E-state index is 5.14. The van der Waals surface area contributed by atoms with Gasteiger partial charge in [0.25, 0.3) is 0 Å². The Morgan fingerprint density at radius 1 is 1.33 bits per heavy atom. The van der Waals surface area contributed by atoms with Crippen molar-refractivity contribution in [3.63, 3.8) is 0 Å². The lowest BCUT2D eigenvalue weighted by molar-refractivity contribution is 0.414. The largest absolute Gasteiger partial charge is 0.497 e. The summed E-state index contributed by atoms with van der Waals surface area (Å²) in [5.74, 6) is 1.94. The fourth-order valence-electron chi connectivity index (χ4n) is 1.84. The molecule has 2 aromatic rings. The molecule has 0 saturated heterocycles. The number of imidazole rings is 1. The number of hydrogen-bond acceptors (Lipinski definition) is 2. The average Bonchev–Trinajstić information content (AvgIpc) is 2.90. The molecule has 0 aliphatic rings. The smallest absolute Gasteiger partial charge is 0.118 e. The van der Waals surface area contributed by atoms with Crippen LogP contribution < -0.4 is 4.74 Å². The second-order valence-corrected chi connectivity index (χ2v) is 5.52. The molecule has 0 bridgehead atoms. The number of nitrogens with zero attached hydrogens (tertiary/aromatic N) is 1. The number of ether oxygens (including phenoxy) is 1. The summed E-state index contributed by atoms with van der Waals surface area (Å²) in [5.41, 5.74) is 1.33. The van der Waals surface area contributed by atoms with E-state index in [0.717, 1.165) is 30.8 Å². The van der Waals surface area contributed by atoms with E-state index in [2.05, 4.69) is 38.0 Å². The van der Waals surface area contributed by atoms with Crippen LogP contribution in [-0.4, -0.2) is 21.9 Å². The molecule has 1 aromatic heterocycles. The zero-order valence-electron chi connectivity index (χ0n) is 10.4. The summed E-state index contributed by atoms with van der Waals surface area (Å²) in [5, 5.41) is 0. The van der Waals surface area contributed by atoms with Crippen LogP contribution in [0.2, 0.25) is 0 Å². The molecule has 0 aliphatic carbocycles. The first-order valence-electron chi connectivity index (χ1n) is 6.03. The van der Waals surface area contributed by atoms with Crippen LogP contribution >= 0.6 is 15.9 Å². The van der Waals surface area contributed by atoms with Crippen LogP contribution in [0.1, 0.15) is 17.8 Å². The Bertz CT molecular complexity index is 453. The minimum atomic E-state index is 0.450. The molecule has 0 spiro atoms. The predicted molar refractivity (Wildman–Crippen MR) is 76.3 cm³/mol. The monoisotopic (exact) mass is 308 g/mol. The summed E-state index contributed by atoms with van der Waals surface area (Å²) < 4.78 is 5.14. The van der Waals surface area contributed by atoms with E-state index in [0.29, 0.717) is 4.83 Å². The summed E-state index contributed by atoms with van der Waals surface area (Å²) in [6, 6.07) is 8.24. The highest BCUT2D eigenvalue weighted by Gasteiger charge is 2.07. The first-order chi connectivity index (χ1) is 8.78. The Morgan fingerprint density at radius 2 is 2.11 bits per heavy atom. The first kappa shape index (κ1) is 13.1. The number of methoxy groups -OCH3 is 1. The number of H-pyrrole nitrogens is 1. The second kappa shape index (κ2) is 6.59. The number of rotatable bonds is 6. The minimum Gasteiger partial charge on any atom is -0.497 e. The molecule has 1 atom stereocenters. The average molecular weight is 309 g/mol. The minimum absolute atomic E-state index is 0.450. The van der Waals surface area contributed by atoms with Crippen molar-refractivity contribution in [3.8, 4) is 5.75 Å². The van der Waals surface area contributed by atoms with E-state index in [1.165, 1.54) is 5.56 Å². The van der Waals surface area contributed by atoms with Crippen LogP contribution in [0.3, 0.4) is 0 Å². The molecule has 3 nitrogen and oxygen atoms in total. The van der Waals surface area contributed by atoms with Crippen molar-refractivity contribution in [2.24, 2.45) is 0 Å². The van der Waals surface area contributed by atoms with Crippen LogP contribution in [0.25, 0.3) is 0 Å². The quantitative estimate of drug-likeness (QED) is 0.831. The molecule has 0 aliphatic heterocycles. The first-order valence-corrected chi connectivity index (χ1v) is 6.95. The van der Waals surface area contributed by atoms with Gasteiger partial charge in [0.15, 0.2) is 0 Å². The third kappa shape index (κ3) is 3.88. The zero-order chi connectivity index (χ0) is 12.8. The standard InChI is InChI=1S/C14H17BrN2O/c1-18-13-6-3-11(4-7-13)2-5-12(15)10-14-16-8-9-17-14/h3-4,6-9,12H,2,5,10H2,1H3,(H,16,17). The van der Waals surface area contributed by atoms with Crippen LogP contribution in [0.4, 0.5) is 0 Å². The van der Waals surface area contributed by atoms with Crippen LogP contribution in [0.15, 0.2) is 36.7 Å². The lowest BCUT2D eigenvalue weighted by atomic mass is 10.1. The van der Waals surface area contributed by atoms with Gasteiger partial charge in [0.05, 0.1) is 7.11 Å². The summed E-state index contributed by atoms with van der Waals surface area (Å²) in [7, 11) is 1.69. The number of nitrogens with one attached hydrogen (secondary N) is 1. The van der Waals surface area contributed by atoms with Gasteiger partial charge < -0.3 is 9.72 Å². The van der Waals surface area contributed by atoms with Gasteiger partial charge in [-0.1, -0.05) is 28.1 Å². The van der Waals surface area contributed by atoms with Gasteiger partial charge in [-0.05, 0) is 30.5 Å². The van der Waals surface area contributed by atoms with Crippen molar-refractivity contribution in [3.05, 3.63) is 48.0 Å². The number of alkyl halides is 1. The molecule has 96 valence electrons. The van der Waals surface area contributed by atoms with Crippen molar-refractivity contribution >= 4 is 15.9 Å². The van der Waals surface area contributed by atoms with Gasteiger partial charge in [-0.3, -0.25) is 0 Å². The Balaban J connectivity index is 1.79. The van der Waals surface area contributed by atoms with Crippen molar-refractivity contribution in [1.82, 2.24) is 9.97 Å². The van der Waals surface area contributed by atoms with E-state index in [1.807, 2.05) is 18.3 Å². The molecule has 0 fully saturated rings. The molecule has 2 rings (SSSR count). The topological polar surface area (TPSA) is 37.9 Å². The zero-order valence-corrected chi connectivity index (χ0v) is 12.0.